The van der Waals surface area contributed by atoms with Crippen LogP contribution in [0, 0.1) is 12.7 Å². The van der Waals surface area contributed by atoms with Gasteiger partial charge in [-0.3, -0.25) is 4.79 Å². The highest BCUT2D eigenvalue weighted by molar-refractivity contribution is 6.30. The van der Waals surface area contributed by atoms with Gasteiger partial charge in [-0.25, -0.2) is 23.3 Å². The predicted octanol–water partition coefficient (Wildman–Crippen LogP) is 3.62. The molecule has 0 saturated heterocycles. The Bertz CT molecular complexity index is 1260. The average Bonchev–Trinajstić information content (AvgIpc) is 2.99. The lowest BCUT2D eigenvalue weighted by atomic mass is 10.1. The van der Waals surface area contributed by atoms with Crippen LogP contribution in [0.25, 0.3) is 5.65 Å². The summed E-state index contributed by atoms with van der Waals surface area (Å²) in [6.45, 7) is 1.54. The summed E-state index contributed by atoms with van der Waals surface area (Å²) >= 11 is 5.85. The number of hydrogen-bond acceptors (Lipinski definition) is 5. The molecular formula is C20H15ClFN5O2. The molecule has 1 N–H and O–H groups in total. The second-order valence-corrected chi connectivity index (χ2v) is 6.85. The number of fused-ring (bicyclic) bond motifs is 1. The molecule has 146 valence electrons. The van der Waals surface area contributed by atoms with Crippen molar-refractivity contribution in [2.45, 2.75) is 13.5 Å². The molecule has 0 atom stereocenters. The van der Waals surface area contributed by atoms with Crippen molar-refractivity contribution in [3.8, 4) is 0 Å². The van der Waals surface area contributed by atoms with E-state index >= 15 is 0 Å². The molecule has 0 amide bonds. The zero-order valence-electron chi connectivity index (χ0n) is 15.3. The molecule has 2 aromatic carbocycles. The fraction of sp³-hybridized carbons (Fsp3) is 0.100. The van der Waals surface area contributed by atoms with E-state index < -0.39 is 5.69 Å². The number of anilines is 2. The van der Waals surface area contributed by atoms with Crippen molar-refractivity contribution in [2.75, 3.05) is 5.32 Å². The second kappa shape index (κ2) is 7.48. The number of aromatic nitrogens is 4. The van der Waals surface area contributed by atoms with Crippen LogP contribution in [0.15, 0.2) is 59.4 Å². The molecule has 2 aromatic heterocycles. The molecule has 29 heavy (non-hydrogen) atoms. The monoisotopic (exact) mass is 411 g/mol. The van der Waals surface area contributed by atoms with Gasteiger partial charge in [0.2, 0.25) is 5.95 Å². The maximum absolute atomic E-state index is 13.1. The van der Waals surface area contributed by atoms with Crippen molar-refractivity contribution < 1.29 is 9.18 Å². The van der Waals surface area contributed by atoms with Crippen molar-refractivity contribution >= 4 is 34.7 Å². The van der Waals surface area contributed by atoms with Gasteiger partial charge in [-0.15, -0.1) is 5.10 Å². The number of hydrogen-bond donors (Lipinski definition) is 1. The number of benzene rings is 2. The van der Waals surface area contributed by atoms with Crippen LogP contribution in [0.4, 0.5) is 16.0 Å². The van der Waals surface area contributed by atoms with Crippen molar-refractivity contribution in [2.24, 2.45) is 0 Å². The first-order valence-electron chi connectivity index (χ1n) is 8.69. The summed E-state index contributed by atoms with van der Waals surface area (Å²) in [5.74, 6) is -0.421. The minimum atomic E-state index is -0.514. The van der Waals surface area contributed by atoms with Gasteiger partial charge in [-0.05, 0) is 55.5 Å². The number of nitrogens with zero attached hydrogens (tertiary/aromatic N) is 4. The number of aryl methyl sites for hydroxylation is 1. The van der Waals surface area contributed by atoms with Crippen LogP contribution < -0.4 is 11.0 Å². The highest BCUT2D eigenvalue weighted by Gasteiger charge is 2.16. The van der Waals surface area contributed by atoms with E-state index in [1.54, 1.807) is 37.3 Å². The molecule has 0 spiro atoms. The van der Waals surface area contributed by atoms with Crippen LogP contribution in [-0.4, -0.2) is 24.9 Å². The lowest BCUT2D eigenvalue weighted by Gasteiger charge is -2.07. The maximum atomic E-state index is 13.1. The van der Waals surface area contributed by atoms with E-state index in [-0.39, 0.29) is 24.1 Å². The first-order valence-corrected chi connectivity index (χ1v) is 9.07. The normalized spacial score (nSPS) is 11.0. The lowest BCUT2D eigenvalue weighted by Crippen LogP contribution is -2.26. The number of ketones is 1. The summed E-state index contributed by atoms with van der Waals surface area (Å²) in [4.78, 5) is 29.7. The van der Waals surface area contributed by atoms with Crippen molar-refractivity contribution in [3.63, 3.8) is 0 Å². The van der Waals surface area contributed by atoms with Crippen LogP contribution in [0.3, 0.4) is 0 Å². The molecule has 0 fully saturated rings. The first-order chi connectivity index (χ1) is 13.9. The molecule has 0 bridgehead atoms. The van der Waals surface area contributed by atoms with Gasteiger partial charge in [0.1, 0.15) is 12.4 Å². The van der Waals surface area contributed by atoms with Crippen LogP contribution in [0.1, 0.15) is 16.1 Å². The maximum Gasteiger partial charge on any atom is 0.353 e. The molecule has 4 aromatic rings. The number of carbonyl (C=O) groups is 1. The lowest BCUT2D eigenvalue weighted by molar-refractivity contribution is 0.0966. The molecular weight excluding hydrogens is 397 g/mol. The molecule has 0 unspecified atom stereocenters. The third-order valence-electron chi connectivity index (χ3n) is 4.26. The SMILES string of the molecule is Cc1cc2nn(CC(=O)c3ccc(Cl)cc3)c(=O)n2c(Nc2ccc(F)cc2)n1. The second-order valence-electron chi connectivity index (χ2n) is 6.42. The van der Waals surface area contributed by atoms with Gasteiger partial charge in [0, 0.05) is 28.0 Å². The summed E-state index contributed by atoms with van der Waals surface area (Å²) < 4.78 is 15.5. The molecule has 0 aliphatic rings. The van der Waals surface area contributed by atoms with E-state index in [1.165, 1.54) is 28.7 Å². The Morgan fingerprint density at radius 3 is 2.52 bits per heavy atom. The van der Waals surface area contributed by atoms with E-state index in [4.69, 9.17) is 11.6 Å². The van der Waals surface area contributed by atoms with Gasteiger partial charge in [0.25, 0.3) is 0 Å². The average molecular weight is 412 g/mol. The first kappa shape index (κ1) is 18.8. The fourth-order valence-corrected chi connectivity index (χ4v) is 2.99. The molecule has 9 heteroatoms. The van der Waals surface area contributed by atoms with Gasteiger partial charge < -0.3 is 5.32 Å². The van der Waals surface area contributed by atoms with Crippen molar-refractivity contribution in [1.82, 2.24) is 19.2 Å². The highest BCUT2D eigenvalue weighted by Crippen LogP contribution is 2.16. The van der Waals surface area contributed by atoms with Crippen molar-refractivity contribution in [3.05, 3.63) is 87.2 Å². The zero-order valence-corrected chi connectivity index (χ0v) is 16.0. The molecule has 7 nitrogen and oxygen atoms in total. The Morgan fingerprint density at radius 2 is 1.83 bits per heavy atom. The summed E-state index contributed by atoms with van der Waals surface area (Å²) in [5, 5.41) is 7.76. The van der Waals surface area contributed by atoms with E-state index in [2.05, 4.69) is 15.4 Å². The molecule has 0 aliphatic carbocycles. The van der Waals surface area contributed by atoms with Crippen LogP contribution in [-0.2, 0) is 6.54 Å². The number of nitrogens with one attached hydrogen (secondary N) is 1. The van der Waals surface area contributed by atoms with Crippen LogP contribution in [0.2, 0.25) is 5.02 Å². The number of Topliss-reactive ketones (excluding diaryl/α,β-unsaturated/α-hetero) is 1. The smallest absolute Gasteiger partial charge is 0.325 e. The minimum absolute atomic E-state index is 0.224. The highest BCUT2D eigenvalue weighted by atomic mass is 35.5. The topological polar surface area (TPSA) is 81.3 Å². The largest absolute Gasteiger partial charge is 0.353 e. The molecule has 2 heterocycles. The summed E-state index contributed by atoms with van der Waals surface area (Å²) in [6.07, 6.45) is 0. The molecule has 4 rings (SSSR count). The van der Waals surface area contributed by atoms with Gasteiger partial charge in [-0.2, -0.15) is 0 Å². The summed E-state index contributed by atoms with van der Waals surface area (Å²) in [5.41, 5.74) is 1.44. The molecule has 0 radical (unpaired) electrons. The van der Waals surface area contributed by atoms with E-state index in [1.807, 2.05) is 0 Å². The standard InChI is InChI=1S/C20H15ClFN5O2/c1-12-10-18-25-26(11-17(28)13-2-4-14(21)5-3-13)20(29)27(18)19(23-12)24-16-8-6-15(22)7-9-16/h2-10H,11H2,1H3,(H,23,24). The summed E-state index contributed by atoms with van der Waals surface area (Å²) in [6, 6.07) is 13.7. The summed E-state index contributed by atoms with van der Waals surface area (Å²) in [7, 11) is 0. The third kappa shape index (κ3) is 3.88. The third-order valence-corrected chi connectivity index (χ3v) is 4.51. The van der Waals surface area contributed by atoms with Gasteiger partial charge >= 0.3 is 5.69 Å². The van der Waals surface area contributed by atoms with Gasteiger partial charge in [-0.1, -0.05) is 11.6 Å². The number of rotatable bonds is 5. The van der Waals surface area contributed by atoms with Crippen LogP contribution >= 0.6 is 11.6 Å². The van der Waals surface area contributed by atoms with Gasteiger partial charge in [0.15, 0.2) is 11.4 Å². The Balaban J connectivity index is 1.71. The fourth-order valence-electron chi connectivity index (χ4n) is 2.87. The Hall–Kier alpha value is -3.52. The van der Waals surface area contributed by atoms with E-state index in [0.29, 0.717) is 27.6 Å². The molecule has 0 aliphatic heterocycles. The van der Waals surface area contributed by atoms with Crippen LogP contribution in [0.5, 0.6) is 0 Å². The molecule has 0 saturated carbocycles. The Labute approximate surface area is 169 Å². The quantitative estimate of drug-likeness (QED) is 0.507. The van der Waals surface area contributed by atoms with E-state index in [9.17, 15) is 14.0 Å². The van der Waals surface area contributed by atoms with Gasteiger partial charge in [0.05, 0.1) is 0 Å². The van der Waals surface area contributed by atoms with E-state index in [0.717, 1.165) is 4.68 Å². The minimum Gasteiger partial charge on any atom is -0.325 e. The Kier molecular flexibility index (Phi) is 4.85. The number of halogens is 2. The Morgan fingerprint density at radius 1 is 1.14 bits per heavy atom. The number of carbonyl (C=O) groups excluding carboxylic acids is 1. The van der Waals surface area contributed by atoms with Crippen molar-refractivity contribution in [1.29, 1.82) is 0 Å². The predicted molar refractivity (Wildman–Crippen MR) is 107 cm³/mol. The zero-order chi connectivity index (χ0) is 20.5.